The van der Waals surface area contributed by atoms with Crippen LogP contribution < -0.4 is 11.1 Å². The van der Waals surface area contributed by atoms with Crippen molar-refractivity contribution >= 4 is 47.5 Å². The van der Waals surface area contributed by atoms with Crippen molar-refractivity contribution in [3.8, 4) is 0 Å². The molecule has 1 aromatic carbocycles. The Bertz CT molecular complexity index is 682. The third-order valence-corrected chi connectivity index (χ3v) is 4.66. The number of nitrogens with zero attached hydrogens (tertiary/aromatic N) is 1. The van der Waals surface area contributed by atoms with Gasteiger partial charge in [0, 0.05) is 19.0 Å². The summed E-state index contributed by atoms with van der Waals surface area (Å²) < 4.78 is 5.44. The smallest absolute Gasteiger partial charge is 0.224 e. The number of hydrogen-bond acceptors (Lipinski definition) is 4. The molecule has 1 saturated carbocycles. The molecule has 0 atom stereocenters. The summed E-state index contributed by atoms with van der Waals surface area (Å²) in [6, 6.07) is 5.53. The molecule has 0 aliphatic heterocycles. The average molecular weight is 374 g/mol. The second-order valence-corrected chi connectivity index (χ2v) is 6.41. The van der Waals surface area contributed by atoms with Gasteiger partial charge in [0.15, 0.2) is 11.5 Å². The number of oxazole rings is 1. The molecule has 0 saturated heterocycles. The van der Waals surface area contributed by atoms with Crippen LogP contribution in [0.1, 0.15) is 44.4 Å². The number of nitrogens with one attached hydrogen (secondary N) is 1. The van der Waals surface area contributed by atoms with Crippen molar-refractivity contribution in [2.75, 3.05) is 11.9 Å². The van der Waals surface area contributed by atoms with Gasteiger partial charge in [0.2, 0.25) is 5.91 Å². The molecular weight excluding hydrogens is 349 g/mol. The van der Waals surface area contributed by atoms with E-state index < -0.39 is 0 Å². The maximum atomic E-state index is 12.4. The molecule has 134 valence electrons. The van der Waals surface area contributed by atoms with Crippen LogP contribution in [0.2, 0.25) is 0 Å². The molecule has 1 aliphatic carbocycles. The lowest BCUT2D eigenvalue weighted by molar-refractivity contribution is -0.118. The topological polar surface area (TPSA) is 81.2 Å². The molecule has 5 nitrogen and oxygen atoms in total. The Hall–Kier alpha value is -1.30. The van der Waals surface area contributed by atoms with Gasteiger partial charge >= 0.3 is 0 Å². The third kappa shape index (κ3) is 4.62. The number of carbonyl (C=O) groups excluding carboxylic acids is 1. The van der Waals surface area contributed by atoms with E-state index in [0.717, 1.165) is 29.6 Å². The van der Waals surface area contributed by atoms with Crippen molar-refractivity contribution in [2.45, 2.75) is 45.4 Å². The monoisotopic (exact) mass is 373 g/mol. The lowest BCUT2D eigenvalue weighted by Crippen LogP contribution is -2.36. The number of amides is 1. The average Bonchev–Trinajstić information content (AvgIpc) is 2.87. The Labute approximate surface area is 154 Å². The van der Waals surface area contributed by atoms with E-state index in [1.54, 1.807) is 0 Å². The molecule has 1 heterocycles. The van der Waals surface area contributed by atoms with Crippen molar-refractivity contribution < 1.29 is 9.21 Å². The highest BCUT2D eigenvalue weighted by molar-refractivity contribution is 5.93. The second kappa shape index (κ2) is 8.70. The van der Waals surface area contributed by atoms with Gasteiger partial charge in [-0.25, -0.2) is 4.98 Å². The van der Waals surface area contributed by atoms with Gasteiger partial charge in [-0.3, -0.25) is 4.79 Å². The Morgan fingerprint density at radius 1 is 1.29 bits per heavy atom. The first-order chi connectivity index (χ1) is 10.6. The highest BCUT2D eigenvalue weighted by atomic mass is 35.5. The molecule has 1 amide bonds. The van der Waals surface area contributed by atoms with Gasteiger partial charge in [-0.2, -0.15) is 0 Å². The molecule has 0 unspecified atom stereocenters. The Balaban J connectivity index is 0.00000144. The Kier molecular flexibility index (Phi) is 7.52. The Morgan fingerprint density at radius 3 is 2.67 bits per heavy atom. The fraction of sp³-hybridized carbons (Fsp3) is 0.529. The lowest BCUT2D eigenvalue weighted by atomic mass is 9.71. The molecule has 24 heavy (non-hydrogen) atoms. The largest absolute Gasteiger partial charge is 0.441 e. The van der Waals surface area contributed by atoms with Crippen molar-refractivity contribution in [2.24, 2.45) is 11.1 Å². The SMILES string of the molecule is Cc1nc2cc(NC(=O)CC3(CN)CCCCC3)ccc2o1.Cl.Cl. The minimum atomic E-state index is -0.0170. The molecule has 3 N–H and O–H groups in total. The van der Waals surface area contributed by atoms with Crippen LogP contribution in [0.3, 0.4) is 0 Å². The van der Waals surface area contributed by atoms with Crippen LogP contribution in [0.5, 0.6) is 0 Å². The van der Waals surface area contributed by atoms with Crippen LogP contribution in [0.15, 0.2) is 22.6 Å². The van der Waals surface area contributed by atoms with Crippen LogP contribution in [0, 0.1) is 12.3 Å². The van der Waals surface area contributed by atoms with Crippen LogP contribution in [-0.4, -0.2) is 17.4 Å². The number of fused-ring (bicyclic) bond motifs is 1. The van der Waals surface area contributed by atoms with E-state index in [2.05, 4.69) is 10.3 Å². The van der Waals surface area contributed by atoms with Crippen molar-refractivity contribution in [3.05, 3.63) is 24.1 Å². The highest BCUT2D eigenvalue weighted by Crippen LogP contribution is 2.38. The number of hydrogen-bond donors (Lipinski definition) is 2. The number of halogens is 2. The first kappa shape index (κ1) is 20.7. The van der Waals surface area contributed by atoms with Crippen LogP contribution in [-0.2, 0) is 4.79 Å². The van der Waals surface area contributed by atoms with Gasteiger partial charge in [-0.15, -0.1) is 24.8 Å². The molecule has 0 spiro atoms. The maximum Gasteiger partial charge on any atom is 0.224 e. The van der Waals surface area contributed by atoms with E-state index in [4.69, 9.17) is 10.2 Å². The quantitative estimate of drug-likeness (QED) is 0.840. The minimum Gasteiger partial charge on any atom is -0.441 e. The zero-order valence-electron chi connectivity index (χ0n) is 13.8. The summed E-state index contributed by atoms with van der Waals surface area (Å²) >= 11 is 0. The molecular formula is C17H25Cl2N3O2. The zero-order valence-corrected chi connectivity index (χ0v) is 15.5. The number of benzene rings is 1. The highest BCUT2D eigenvalue weighted by Gasteiger charge is 2.32. The van der Waals surface area contributed by atoms with Gasteiger partial charge in [-0.05, 0) is 43.0 Å². The van der Waals surface area contributed by atoms with E-state index in [1.165, 1.54) is 19.3 Å². The molecule has 2 aromatic rings. The molecule has 0 bridgehead atoms. The third-order valence-electron chi connectivity index (χ3n) is 4.66. The molecule has 1 fully saturated rings. The van der Waals surface area contributed by atoms with Gasteiger partial charge in [0.05, 0.1) is 0 Å². The minimum absolute atomic E-state index is 0. The number of aryl methyl sites for hydroxylation is 1. The van der Waals surface area contributed by atoms with Crippen LogP contribution in [0.4, 0.5) is 5.69 Å². The number of aromatic nitrogens is 1. The maximum absolute atomic E-state index is 12.4. The summed E-state index contributed by atoms with van der Waals surface area (Å²) in [7, 11) is 0. The predicted molar refractivity (Wildman–Crippen MR) is 101 cm³/mol. The van der Waals surface area contributed by atoms with Gasteiger partial charge in [0.25, 0.3) is 0 Å². The number of rotatable bonds is 4. The molecule has 7 heteroatoms. The molecule has 1 aliphatic rings. The van der Waals surface area contributed by atoms with E-state index >= 15 is 0 Å². The normalized spacial score (nSPS) is 16.1. The first-order valence-electron chi connectivity index (χ1n) is 7.97. The summed E-state index contributed by atoms with van der Waals surface area (Å²) in [5.74, 6) is 0.662. The summed E-state index contributed by atoms with van der Waals surface area (Å²) in [6.07, 6.45) is 6.21. The predicted octanol–water partition coefficient (Wildman–Crippen LogP) is 4.22. The lowest BCUT2D eigenvalue weighted by Gasteiger charge is -2.35. The Morgan fingerprint density at radius 2 is 2.00 bits per heavy atom. The standard InChI is InChI=1S/C17H23N3O2.2ClH/c1-12-19-14-9-13(5-6-15(14)22-12)20-16(21)10-17(11-18)7-3-2-4-8-17;;/h5-6,9H,2-4,7-8,10-11,18H2,1H3,(H,20,21);2*1H. The number of carbonyl (C=O) groups is 1. The number of nitrogens with two attached hydrogens (primary N) is 1. The molecule has 0 radical (unpaired) electrons. The van der Waals surface area contributed by atoms with E-state index in [0.29, 0.717) is 18.9 Å². The van der Waals surface area contributed by atoms with Gasteiger partial charge in [0.1, 0.15) is 5.52 Å². The second-order valence-electron chi connectivity index (χ2n) is 6.41. The summed E-state index contributed by atoms with van der Waals surface area (Å²) in [5, 5.41) is 2.97. The zero-order chi connectivity index (χ0) is 15.6. The summed E-state index contributed by atoms with van der Waals surface area (Å²) in [4.78, 5) is 16.7. The van der Waals surface area contributed by atoms with Gasteiger partial charge < -0.3 is 15.5 Å². The van der Waals surface area contributed by atoms with Crippen molar-refractivity contribution in [3.63, 3.8) is 0 Å². The molecule has 1 aromatic heterocycles. The fourth-order valence-corrected chi connectivity index (χ4v) is 3.42. The van der Waals surface area contributed by atoms with Crippen molar-refractivity contribution in [1.29, 1.82) is 0 Å². The summed E-state index contributed by atoms with van der Waals surface area (Å²) in [5.41, 5.74) is 8.20. The first-order valence-corrected chi connectivity index (χ1v) is 7.97. The van der Waals surface area contributed by atoms with Crippen molar-refractivity contribution in [1.82, 2.24) is 4.98 Å². The van der Waals surface area contributed by atoms with E-state index in [-0.39, 0.29) is 36.1 Å². The van der Waals surface area contributed by atoms with Crippen LogP contribution >= 0.6 is 24.8 Å². The van der Waals surface area contributed by atoms with E-state index in [1.807, 2.05) is 25.1 Å². The molecule has 3 rings (SSSR count). The summed E-state index contributed by atoms with van der Waals surface area (Å²) in [6.45, 7) is 2.40. The van der Waals surface area contributed by atoms with Crippen LogP contribution in [0.25, 0.3) is 11.1 Å². The fourth-order valence-electron chi connectivity index (χ4n) is 3.42. The number of anilines is 1. The van der Waals surface area contributed by atoms with E-state index in [9.17, 15) is 4.79 Å². The van der Waals surface area contributed by atoms with Gasteiger partial charge in [-0.1, -0.05) is 19.3 Å².